The summed E-state index contributed by atoms with van der Waals surface area (Å²) in [5, 5.41) is 0. The summed E-state index contributed by atoms with van der Waals surface area (Å²) >= 11 is 0. The highest BCUT2D eigenvalue weighted by atomic mass is 16.5. The van der Waals surface area contributed by atoms with E-state index >= 15 is 0 Å². The zero-order valence-corrected chi connectivity index (χ0v) is 15.6. The quantitative estimate of drug-likeness (QED) is 0.767. The van der Waals surface area contributed by atoms with Gasteiger partial charge in [-0.1, -0.05) is 12.1 Å². The first-order valence-corrected chi connectivity index (χ1v) is 9.15. The van der Waals surface area contributed by atoms with Gasteiger partial charge in [-0.25, -0.2) is 4.98 Å². The van der Waals surface area contributed by atoms with Crippen molar-refractivity contribution >= 4 is 16.9 Å². The molecular weight excluding hydrogens is 342 g/mol. The molecule has 1 atom stereocenters. The minimum absolute atomic E-state index is 0.0182. The van der Waals surface area contributed by atoms with E-state index < -0.39 is 0 Å². The second-order valence-corrected chi connectivity index (χ2v) is 6.80. The Morgan fingerprint density at radius 2 is 2.04 bits per heavy atom. The van der Waals surface area contributed by atoms with Crippen LogP contribution < -0.4 is 9.47 Å². The molecule has 4 rings (SSSR count). The van der Waals surface area contributed by atoms with E-state index in [-0.39, 0.29) is 11.8 Å². The molecule has 140 valence electrons. The van der Waals surface area contributed by atoms with E-state index in [1.54, 1.807) is 32.4 Å². The Labute approximate surface area is 158 Å². The number of H-pyrrole nitrogens is 1. The molecule has 0 spiro atoms. The number of para-hydroxylation sites is 2. The number of benzene rings is 2. The molecule has 1 unspecified atom stereocenters. The van der Waals surface area contributed by atoms with Crippen molar-refractivity contribution in [1.29, 1.82) is 0 Å². The van der Waals surface area contributed by atoms with Crippen LogP contribution in [0.2, 0.25) is 0 Å². The maximum absolute atomic E-state index is 13.1. The summed E-state index contributed by atoms with van der Waals surface area (Å²) in [4.78, 5) is 23.1. The second-order valence-electron chi connectivity index (χ2n) is 6.80. The molecule has 27 heavy (non-hydrogen) atoms. The molecular formula is C21H23N3O3. The van der Waals surface area contributed by atoms with Gasteiger partial charge in [0, 0.05) is 25.1 Å². The lowest BCUT2D eigenvalue weighted by atomic mass is 9.96. The first kappa shape index (κ1) is 17.4. The number of imidazole rings is 1. The van der Waals surface area contributed by atoms with Crippen LogP contribution in [0.15, 0.2) is 42.5 Å². The van der Waals surface area contributed by atoms with Crippen LogP contribution in [0.4, 0.5) is 0 Å². The molecule has 6 heteroatoms. The molecule has 0 aliphatic carbocycles. The maximum atomic E-state index is 13.1. The molecule has 0 saturated carbocycles. The number of hydrogen-bond acceptors (Lipinski definition) is 4. The first-order valence-electron chi connectivity index (χ1n) is 9.15. The fourth-order valence-electron chi connectivity index (χ4n) is 3.70. The number of likely N-dealkylation sites (tertiary alicyclic amines) is 1. The van der Waals surface area contributed by atoms with Gasteiger partial charge in [-0.05, 0) is 37.1 Å². The Hall–Kier alpha value is -3.02. The number of aromatic amines is 1. The lowest BCUT2D eigenvalue weighted by molar-refractivity contribution is 0.0701. The number of nitrogens with one attached hydrogen (secondary N) is 1. The number of methoxy groups -OCH3 is 2. The molecule has 3 aromatic rings. The zero-order valence-electron chi connectivity index (χ0n) is 15.6. The van der Waals surface area contributed by atoms with Crippen LogP contribution >= 0.6 is 0 Å². The van der Waals surface area contributed by atoms with E-state index in [4.69, 9.17) is 14.5 Å². The first-order chi connectivity index (χ1) is 13.2. The highest BCUT2D eigenvalue weighted by molar-refractivity contribution is 5.97. The third-order valence-electron chi connectivity index (χ3n) is 5.14. The largest absolute Gasteiger partial charge is 0.497 e. The van der Waals surface area contributed by atoms with Crippen LogP contribution in [0.1, 0.15) is 34.9 Å². The average Bonchev–Trinajstić information content (AvgIpc) is 3.17. The van der Waals surface area contributed by atoms with Gasteiger partial charge in [-0.15, -0.1) is 0 Å². The number of aromatic nitrogens is 2. The Morgan fingerprint density at radius 1 is 1.19 bits per heavy atom. The number of piperidine rings is 1. The summed E-state index contributed by atoms with van der Waals surface area (Å²) in [6.45, 7) is 1.39. The van der Waals surface area contributed by atoms with Crippen molar-refractivity contribution in [2.24, 2.45) is 0 Å². The monoisotopic (exact) mass is 365 g/mol. The van der Waals surface area contributed by atoms with Gasteiger partial charge >= 0.3 is 0 Å². The highest BCUT2D eigenvalue weighted by Gasteiger charge is 2.28. The van der Waals surface area contributed by atoms with Crippen LogP contribution in [-0.4, -0.2) is 48.1 Å². The van der Waals surface area contributed by atoms with E-state index in [0.29, 0.717) is 23.6 Å². The molecule has 1 saturated heterocycles. The topological polar surface area (TPSA) is 67.5 Å². The van der Waals surface area contributed by atoms with Gasteiger partial charge in [0.25, 0.3) is 5.91 Å². The standard InChI is InChI=1S/C21H23N3O3/c1-26-15-9-10-16(19(12-15)27-2)21(25)24-11-5-6-14(13-24)20-22-17-7-3-4-8-18(17)23-20/h3-4,7-10,12,14H,5-6,11,13H2,1-2H3,(H,22,23). The number of hydrogen-bond donors (Lipinski definition) is 1. The van der Waals surface area contributed by atoms with Crippen molar-refractivity contribution in [1.82, 2.24) is 14.9 Å². The Kier molecular flexibility index (Phi) is 4.71. The molecule has 1 aromatic heterocycles. The van der Waals surface area contributed by atoms with Crippen LogP contribution in [0.3, 0.4) is 0 Å². The number of nitrogens with zero attached hydrogens (tertiary/aromatic N) is 2. The molecule has 1 fully saturated rings. The van der Waals surface area contributed by atoms with Crippen molar-refractivity contribution in [3.63, 3.8) is 0 Å². The Morgan fingerprint density at radius 3 is 2.81 bits per heavy atom. The smallest absolute Gasteiger partial charge is 0.257 e. The van der Waals surface area contributed by atoms with Crippen LogP contribution in [0.25, 0.3) is 11.0 Å². The molecule has 1 amide bonds. The minimum Gasteiger partial charge on any atom is -0.497 e. The van der Waals surface area contributed by atoms with Gasteiger partial charge in [-0.3, -0.25) is 4.79 Å². The molecule has 2 heterocycles. The van der Waals surface area contributed by atoms with Crippen molar-refractivity contribution in [3.8, 4) is 11.5 Å². The van der Waals surface area contributed by atoms with Crippen molar-refractivity contribution in [2.75, 3.05) is 27.3 Å². The Bertz CT molecular complexity index is 933. The molecule has 1 aliphatic rings. The normalized spacial score (nSPS) is 17.1. The minimum atomic E-state index is -0.0182. The Balaban J connectivity index is 1.56. The predicted molar refractivity (Wildman–Crippen MR) is 104 cm³/mol. The highest BCUT2D eigenvalue weighted by Crippen LogP contribution is 2.30. The van der Waals surface area contributed by atoms with Crippen LogP contribution in [0, 0.1) is 0 Å². The number of fused-ring (bicyclic) bond motifs is 1. The lowest BCUT2D eigenvalue weighted by Crippen LogP contribution is -2.39. The van der Waals surface area contributed by atoms with Gasteiger partial charge in [0.2, 0.25) is 0 Å². The van der Waals surface area contributed by atoms with Crippen molar-refractivity contribution in [3.05, 3.63) is 53.9 Å². The number of rotatable bonds is 4. The summed E-state index contributed by atoms with van der Waals surface area (Å²) < 4.78 is 10.6. The molecule has 1 aliphatic heterocycles. The third-order valence-corrected chi connectivity index (χ3v) is 5.14. The number of amides is 1. The van der Waals surface area contributed by atoms with Crippen molar-refractivity contribution in [2.45, 2.75) is 18.8 Å². The second kappa shape index (κ2) is 7.31. The van der Waals surface area contributed by atoms with Gasteiger partial charge in [-0.2, -0.15) is 0 Å². The van der Waals surface area contributed by atoms with E-state index in [2.05, 4.69) is 4.98 Å². The van der Waals surface area contributed by atoms with Gasteiger partial charge in [0.1, 0.15) is 17.3 Å². The fraction of sp³-hybridized carbons (Fsp3) is 0.333. The van der Waals surface area contributed by atoms with E-state index in [1.165, 1.54) is 0 Å². The molecule has 2 aromatic carbocycles. The lowest BCUT2D eigenvalue weighted by Gasteiger charge is -2.32. The summed E-state index contributed by atoms with van der Waals surface area (Å²) in [6, 6.07) is 13.3. The SMILES string of the molecule is COc1ccc(C(=O)N2CCCC(c3nc4ccccc4[nH]3)C2)c(OC)c1. The number of ether oxygens (including phenoxy) is 2. The summed E-state index contributed by atoms with van der Waals surface area (Å²) in [6.07, 6.45) is 1.97. The average molecular weight is 365 g/mol. The maximum Gasteiger partial charge on any atom is 0.257 e. The zero-order chi connectivity index (χ0) is 18.8. The van der Waals surface area contributed by atoms with E-state index in [9.17, 15) is 4.79 Å². The van der Waals surface area contributed by atoms with Gasteiger partial charge in [0.15, 0.2) is 0 Å². The molecule has 0 radical (unpaired) electrons. The predicted octanol–water partition coefficient (Wildman–Crippen LogP) is 3.60. The molecule has 6 nitrogen and oxygen atoms in total. The summed E-state index contributed by atoms with van der Waals surface area (Å²) in [5.41, 5.74) is 2.56. The number of carbonyl (C=O) groups excluding carboxylic acids is 1. The summed E-state index contributed by atoms with van der Waals surface area (Å²) in [5.74, 6) is 2.34. The molecule has 0 bridgehead atoms. The van der Waals surface area contributed by atoms with Crippen molar-refractivity contribution < 1.29 is 14.3 Å². The third kappa shape index (κ3) is 3.35. The van der Waals surface area contributed by atoms with Gasteiger partial charge < -0.3 is 19.4 Å². The van der Waals surface area contributed by atoms with E-state index in [1.807, 2.05) is 29.2 Å². The van der Waals surface area contributed by atoms with Crippen LogP contribution in [0.5, 0.6) is 11.5 Å². The van der Waals surface area contributed by atoms with Gasteiger partial charge in [0.05, 0.1) is 30.8 Å². The van der Waals surface area contributed by atoms with Crippen LogP contribution in [-0.2, 0) is 0 Å². The fourth-order valence-corrected chi connectivity index (χ4v) is 3.70. The number of carbonyl (C=O) groups is 1. The van der Waals surface area contributed by atoms with E-state index in [0.717, 1.165) is 36.2 Å². The summed E-state index contributed by atoms with van der Waals surface area (Å²) in [7, 11) is 3.16. The molecule has 1 N–H and O–H groups in total.